The monoisotopic (exact) mass is 335 g/mol. The molecule has 2 rings (SSSR count). The smallest absolute Gasteiger partial charge is 0.408 e. The summed E-state index contributed by atoms with van der Waals surface area (Å²) < 4.78 is 11.1. The summed E-state index contributed by atoms with van der Waals surface area (Å²) in [5.74, 6) is 0.421. The molecule has 0 saturated heterocycles. The van der Waals surface area contributed by atoms with E-state index in [4.69, 9.17) is 9.47 Å². The number of ether oxygens (including phenoxy) is 2. The maximum Gasteiger partial charge on any atom is 0.408 e. The second-order valence-electron chi connectivity index (χ2n) is 7.58. The first-order valence-electron chi connectivity index (χ1n) is 7.92. The molecule has 1 amide bonds. The Morgan fingerprint density at radius 3 is 2.46 bits per heavy atom. The third-order valence-corrected chi connectivity index (χ3v) is 3.82. The Labute approximate surface area is 142 Å². The molecule has 0 saturated carbocycles. The molecular formula is C18H25NO5. The van der Waals surface area contributed by atoms with Gasteiger partial charge < -0.3 is 19.9 Å². The highest BCUT2D eigenvalue weighted by Gasteiger charge is 2.44. The van der Waals surface area contributed by atoms with Crippen molar-refractivity contribution >= 4 is 11.9 Å². The van der Waals surface area contributed by atoms with Crippen LogP contribution in [-0.4, -0.2) is 34.3 Å². The van der Waals surface area contributed by atoms with Gasteiger partial charge in [-0.2, -0.15) is 0 Å². The van der Waals surface area contributed by atoms with Crippen molar-refractivity contribution in [2.75, 3.05) is 0 Å². The standard InChI is InChI=1S/C18H25NO5/c1-10(20)11-7-8-13-12(9-11)14(15(21)18(5,6)23-13)19-16(22)24-17(2,3)4/h7-9,14-15,21H,1-6H3,(H,19,22)/t14-,15+/m1/s1. The Hall–Kier alpha value is -2.08. The molecule has 2 atom stereocenters. The number of aliphatic hydroxyl groups excluding tert-OH is 1. The van der Waals surface area contributed by atoms with Crippen molar-refractivity contribution in [3.8, 4) is 5.75 Å². The van der Waals surface area contributed by atoms with Crippen molar-refractivity contribution in [1.29, 1.82) is 0 Å². The fourth-order valence-corrected chi connectivity index (χ4v) is 2.61. The van der Waals surface area contributed by atoms with Crippen LogP contribution >= 0.6 is 0 Å². The number of fused-ring (bicyclic) bond motifs is 1. The lowest BCUT2D eigenvalue weighted by Gasteiger charge is -2.42. The van der Waals surface area contributed by atoms with Crippen molar-refractivity contribution in [3.05, 3.63) is 29.3 Å². The van der Waals surface area contributed by atoms with E-state index in [1.165, 1.54) is 6.92 Å². The van der Waals surface area contributed by atoms with E-state index in [0.29, 0.717) is 16.9 Å². The number of ketones is 1. The molecule has 2 N–H and O–H groups in total. The highest BCUT2D eigenvalue weighted by Crippen LogP contribution is 2.40. The van der Waals surface area contributed by atoms with Gasteiger partial charge in [-0.3, -0.25) is 4.79 Å². The van der Waals surface area contributed by atoms with Crippen LogP contribution in [0.5, 0.6) is 5.75 Å². The molecule has 24 heavy (non-hydrogen) atoms. The number of aliphatic hydroxyl groups is 1. The Balaban J connectivity index is 2.39. The fourth-order valence-electron chi connectivity index (χ4n) is 2.61. The van der Waals surface area contributed by atoms with Crippen LogP contribution in [0, 0.1) is 0 Å². The molecule has 1 aromatic carbocycles. The summed E-state index contributed by atoms with van der Waals surface area (Å²) in [5.41, 5.74) is -0.509. The van der Waals surface area contributed by atoms with Gasteiger partial charge in [-0.25, -0.2) is 4.79 Å². The third-order valence-electron chi connectivity index (χ3n) is 3.82. The van der Waals surface area contributed by atoms with E-state index >= 15 is 0 Å². The molecule has 0 radical (unpaired) electrons. The predicted octanol–water partition coefficient (Wildman–Crippen LogP) is 2.99. The average Bonchev–Trinajstić information content (AvgIpc) is 2.41. The number of carbonyl (C=O) groups is 2. The maximum absolute atomic E-state index is 12.2. The van der Waals surface area contributed by atoms with Gasteiger partial charge >= 0.3 is 6.09 Å². The van der Waals surface area contributed by atoms with Gasteiger partial charge in [0.05, 0.1) is 6.04 Å². The van der Waals surface area contributed by atoms with Crippen molar-refractivity contribution in [1.82, 2.24) is 5.32 Å². The highest BCUT2D eigenvalue weighted by molar-refractivity contribution is 5.94. The Kier molecular flexibility index (Phi) is 4.63. The number of hydrogen-bond acceptors (Lipinski definition) is 5. The van der Waals surface area contributed by atoms with Gasteiger partial charge in [0.1, 0.15) is 23.1 Å². The second kappa shape index (κ2) is 6.09. The number of hydrogen-bond donors (Lipinski definition) is 2. The second-order valence-corrected chi connectivity index (χ2v) is 7.58. The van der Waals surface area contributed by atoms with Crippen LogP contribution in [0.1, 0.15) is 63.5 Å². The molecule has 0 aliphatic carbocycles. The lowest BCUT2D eigenvalue weighted by molar-refractivity contribution is -0.0653. The number of carbonyl (C=O) groups excluding carboxylic acids is 2. The molecule has 0 unspecified atom stereocenters. The van der Waals surface area contributed by atoms with Crippen LogP contribution in [-0.2, 0) is 4.74 Å². The molecule has 0 bridgehead atoms. The lowest BCUT2D eigenvalue weighted by Crippen LogP contribution is -2.54. The molecule has 1 aliphatic rings. The summed E-state index contributed by atoms with van der Waals surface area (Å²) >= 11 is 0. The van der Waals surface area contributed by atoms with Crippen molar-refractivity contribution in [3.63, 3.8) is 0 Å². The number of amides is 1. The molecule has 132 valence electrons. The molecule has 1 heterocycles. The normalized spacial score (nSPS) is 22.1. The minimum Gasteiger partial charge on any atom is -0.485 e. The summed E-state index contributed by atoms with van der Waals surface area (Å²) in [7, 11) is 0. The average molecular weight is 335 g/mol. The van der Waals surface area contributed by atoms with E-state index in [2.05, 4.69) is 5.32 Å². The predicted molar refractivity (Wildman–Crippen MR) is 89.3 cm³/mol. The maximum atomic E-state index is 12.2. The summed E-state index contributed by atoms with van der Waals surface area (Å²) in [6, 6.07) is 4.25. The Morgan fingerprint density at radius 1 is 1.29 bits per heavy atom. The van der Waals surface area contributed by atoms with Crippen molar-refractivity contribution in [2.24, 2.45) is 0 Å². The summed E-state index contributed by atoms with van der Waals surface area (Å²) in [4.78, 5) is 23.8. The van der Waals surface area contributed by atoms with Crippen LogP contribution in [0.2, 0.25) is 0 Å². The van der Waals surface area contributed by atoms with Crippen LogP contribution in [0.25, 0.3) is 0 Å². The van der Waals surface area contributed by atoms with Gasteiger partial charge in [0.25, 0.3) is 0 Å². The van der Waals surface area contributed by atoms with Gasteiger partial charge in [0.2, 0.25) is 0 Å². The quantitative estimate of drug-likeness (QED) is 0.812. The topological polar surface area (TPSA) is 84.9 Å². The van der Waals surface area contributed by atoms with Crippen LogP contribution < -0.4 is 10.1 Å². The summed E-state index contributed by atoms with van der Waals surface area (Å²) in [6.45, 7) is 10.2. The SMILES string of the molecule is CC(=O)c1ccc2c(c1)[C@@H](NC(=O)OC(C)(C)C)[C@H](O)C(C)(C)O2. The van der Waals surface area contributed by atoms with E-state index in [1.54, 1.807) is 52.8 Å². The minimum absolute atomic E-state index is 0.104. The molecule has 0 fully saturated rings. The van der Waals surface area contributed by atoms with E-state index in [1.807, 2.05) is 0 Å². The lowest BCUT2D eigenvalue weighted by atomic mass is 9.85. The van der Waals surface area contributed by atoms with Gasteiger partial charge in [-0.05, 0) is 59.7 Å². The highest BCUT2D eigenvalue weighted by atomic mass is 16.6. The molecule has 1 aliphatic heterocycles. The molecule has 6 nitrogen and oxygen atoms in total. The fraction of sp³-hybridized carbons (Fsp3) is 0.556. The van der Waals surface area contributed by atoms with E-state index in [-0.39, 0.29) is 5.78 Å². The largest absolute Gasteiger partial charge is 0.485 e. The van der Waals surface area contributed by atoms with Gasteiger partial charge in [0, 0.05) is 11.1 Å². The molecule has 1 aromatic rings. The van der Waals surface area contributed by atoms with Gasteiger partial charge in [-0.1, -0.05) is 0 Å². The van der Waals surface area contributed by atoms with E-state index in [0.717, 1.165) is 0 Å². The molecule has 6 heteroatoms. The molecule has 0 spiro atoms. The summed E-state index contributed by atoms with van der Waals surface area (Å²) in [6.07, 6.45) is -1.64. The molecule has 0 aromatic heterocycles. The Bertz CT molecular complexity index is 660. The first kappa shape index (κ1) is 18.3. The zero-order chi connectivity index (χ0) is 18.3. The first-order valence-corrected chi connectivity index (χ1v) is 7.92. The zero-order valence-corrected chi connectivity index (χ0v) is 15.0. The van der Waals surface area contributed by atoms with Gasteiger partial charge in [-0.15, -0.1) is 0 Å². The number of Topliss-reactive ketones (excluding diaryl/α,β-unsaturated/α-hetero) is 1. The van der Waals surface area contributed by atoms with Crippen LogP contribution in [0.3, 0.4) is 0 Å². The van der Waals surface area contributed by atoms with Crippen molar-refractivity contribution in [2.45, 2.75) is 64.9 Å². The third kappa shape index (κ3) is 3.87. The minimum atomic E-state index is -1.00. The first-order chi connectivity index (χ1) is 10.9. The number of alkyl carbamates (subject to hydrolysis) is 1. The zero-order valence-electron chi connectivity index (χ0n) is 15.0. The van der Waals surface area contributed by atoms with Gasteiger partial charge in [0.15, 0.2) is 5.78 Å². The van der Waals surface area contributed by atoms with E-state index < -0.39 is 29.4 Å². The number of benzene rings is 1. The van der Waals surface area contributed by atoms with Crippen LogP contribution in [0.15, 0.2) is 18.2 Å². The van der Waals surface area contributed by atoms with Crippen molar-refractivity contribution < 1.29 is 24.2 Å². The van der Waals surface area contributed by atoms with E-state index in [9.17, 15) is 14.7 Å². The number of nitrogens with one attached hydrogen (secondary N) is 1. The Morgan fingerprint density at radius 2 is 1.92 bits per heavy atom. The molecular weight excluding hydrogens is 310 g/mol. The number of rotatable bonds is 2. The van der Waals surface area contributed by atoms with Crippen LogP contribution in [0.4, 0.5) is 4.79 Å². The summed E-state index contributed by atoms with van der Waals surface area (Å²) in [5, 5.41) is 13.3.